The lowest BCUT2D eigenvalue weighted by atomic mass is 9.77. The number of carbonyl (C=O) groups excluding carboxylic acids is 1. The number of carbonyl (C=O) groups is 1. The Morgan fingerprint density at radius 3 is 1.84 bits per heavy atom. The maximum absolute atomic E-state index is 13.1. The van der Waals surface area contributed by atoms with E-state index in [0.29, 0.717) is 5.56 Å². The second-order valence-corrected chi connectivity index (χ2v) is 9.26. The topological polar surface area (TPSA) is 42.0 Å². The monoisotopic (exact) mass is 424 g/mol. The molecular weight excluding hydrogens is 400 g/mol. The first-order chi connectivity index (χ1) is 15.6. The van der Waals surface area contributed by atoms with Gasteiger partial charge in [0, 0.05) is 66.4 Å². The van der Waals surface area contributed by atoms with Crippen LogP contribution in [0.25, 0.3) is 0 Å². The Kier molecular flexibility index (Phi) is 3.56. The zero-order chi connectivity index (χ0) is 21.4. The lowest BCUT2D eigenvalue weighted by Crippen LogP contribution is -2.38. The fourth-order valence-electron chi connectivity index (χ4n) is 5.36. The van der Waals surface area contributed by atoms with Crippen molar-refractivity contribution in [3.63, 3.8) is 0 Å². The third kappa shape index (κ3) is 2.31. The number of hydrogen-bond acceptors (Lipinski definition) is 5. The van der Waals surface area contributed by atoms with Crippen LogP contribution in [-0.2, 0) is 10.3 Å². The highest BCUT2D eigenvalue weighted by Gasteiger charge is 2.53. The third-order valence-corrected chi connectivity index (χ3v) is 7.37. The molecule has 1 spiro atoms. The van der Waals surface area contributed by atoms with Gasteiger partial charge in [-0.15, -0.1) is 0 Å². The van der Waals surface area contributed by atoms with Gasteiger partial charge >= 0.3 is 5.97 Å². The summed E-state index contributed by atoms with van der Waals surface area (Å²) < 4.78 is 12.8. The van der Waals surface area contributed by atoms with Gasteiger partial charge < -0.3 is 19.3 Å². The molecule has 2 fully saturated rings. The maximum atomic E-state index is 13.1. The standard InChI is InChI=1S/C27H24N2O3/c1-17-4-7-21-20(14-17)26(30)32-27(21)22-8-5-18(28-10-2-11-28)15-24(22)31-25-16-19(6-9-23(25)27)29-12-3-13-29/h4-9,14-16H,2-3,10-13H2,1H3. The van der Waals surface area contributed by atoms with Crippen molar-refractivity contribution in [1.29, 1.82) is 0 Å². The normalized spacial score (nSPS) is 19.3. The molecule has 3 aromatic carbocycles. The van der Waals surface area contributed by atoms with Gasteiger partial charge in [0.05, 0.1) is 5.56 Å². The summed E-state index contributed by atoms with van der Waals surface area (Å²) in [6.07, 6.45) is 2.43. The summed E-state index contributed by atoms with van der Waals surface area (Å²) in [4.78, 5) is 17.8. The van der Waals surface area contributed by atoms with E-state index >= 15 is 0 Å². The maximum Gasteiger partial charge on any atom is 0.340 e. The van der Waals surface area contributed by atoms with Crippen molar-refractivity contribution in [3.8, 4) is 11.5 Å². The molecule has 0 unspecified atom stereocenters. The minimum absolute atomic E-state index is 0.277. The number of rotatable bonds is 2. The molecule has 0 amide bonds. The van der Waals surface area contributed by atoms with Crippen LogP contribution in [0.1, 0.15) is 45.5 Å². The van der Waals surface area contributed by atoms with Crippen LogP contribution in [0.5, 0.6) is 11.5 Å². The molecule has 4 heterocycles. The first kappa shape index (κ1) is 18.1. The molecule has 5 heteroatoms. The molecule has 7 rings (SSSR count). The number of hydrogen-bond donors (Lipinski definition) is 0. The van der Waals surface area contributed by atoms with E-state index in [9.17, 15) is 4.79 Å². The van der Waals surface area contributed by atoms with Crippen LogP contribution in [-0.4, -0.2) is 32.1 Å². The second kappa shape index (κ2) is 6.28. The van der Waals surface area contributed by atoms with E-state index in [-0.39, 0.29) is 5.97 Å². The van der Waals surface area contributed by atoms with E-state index in [4.69, 9.17) is 9.47 Å². The minimum Gasteiger partial charge on any atom is -0.456 e. The Morgan fingerprint density at radius 1 is 0.750 bits per heavy atom. The Balaban J connectivity index is 1.47. The van der Waals surface area contributed by atoms with Crippen molar-refractivity contribution >= 4 is 17.3 Å². The van der Waals surface area contributed by atoms with Gasteiger partial charge in [0.15, 0.2) is 5.60 Å². The second-order valence-electron chi connectivity index (χ2n) is 9.26. The smallest absolute Gasteiger partial charge is 0.340 e. The molecule has 4 aliphatic rings. The first-order valence-electron chi connectivity index (χ1n) is 11.4. The van der Waals surface area contributed by atoms with Crippen LogP contribution >= 0.6 is 0 Å². The van der Waals surface area contributed by atoms with Crippen molar-refractivity contribution in [1.82, 2.24) is 0 Å². The fraction of sp³-hybridized carbons (Fsp3) is 0.296. The predicted molar refractivity (Wildman–Crippen MR) is 123 cm³/mol. The molecule has 0 aromatic heterocycles. The zero-order valence-corrected chi connectivity index (χ0v) is 18.1. The van der Waals surface area contributed by atoms with Crippen molar-refractivity contribution in [2.45, 2.75) is 25.4 Å². The van der Waals surface area contributed by atoms with E-state index in [2.05, 4.69) is 52.3 Å². The van der Waals surface area contributed by atoms with Gasteiger partial charge in [-0.3, -0.25) is 0 Å². The van der Waals surface area contributed by atoms with Crippen molar-refractivity contribution in [2.75, 3.05) is 36.0 Å². The van der Waals surface area contributed by atoms with Crippen LogP contribution in [0, 0.1) is 6.92 Å². The Morgan fingerprint density at radius 2 is 1.31 bits per heavy atom. The van der Waals surface area contributed by atoms with Crippen molar-refractivity contribution < 1.29 is 14.3 Å². The number of benzene rings is 3. The Labute approximate surface area is 187 Å². The van der Waals surface area contributed by atoms with Crippen LogP contribution < -0.4 is 14.5 Å². The van der Waals surface area contributed by atoms with Crippen LogP contribution in [0.3, 0.4) is 0 Å². The van der Waals surface area contributed by atoms with Gasteiger partial charge in [-0.1, -0.05) is 17.7 Å². The molecule has 0 N–H and O–H groups in total. The summed E-state index contributed by atoms with van der Waals surface area (Å²) in [5, 5.41) is 0. The summed E-state index contributed by atoms with van der Waals surface area (Å²) in [5.41, 5.74) is 5.69. The molecule has 4 aliphatic heterocycles. The van der Waals surface area contributed by atoms with Gasteiger partial charge in [0.1, 0.15) is 11.5 Å². The van der Waals surface area contributed by atoms with E-state index < -0.39 is 5.60 Å². The number of ether oxygens (including phenoxy) is 2. The lowest BCUT2D eigenvalue weighted by Gasteiger charge is -2.39. The van der Waals surface area contributed by atoms with Gasteiger partial charge in [0.2, 0.25) is 0 Å². The van der Waals surface area contributed by atoms with Crippen LogP contribution in [0.15, 0.2) is 54.6 Å². The van der Waals surface area contributed by atoms with Gasteiger partial charge in [-0.2, -0.15) is 0 Å². The molecule has 0 saturated carbocycles. The summed E-state index contributed by atoms with van der Waals surface area (Å²) in [7, 11) is 0. The molecule has 0 aliphatic carbocycles. The number of anilines is 2. The summed E-state index contributed by atoms with van der Waals surface area (Å²) in [6, 6.07) is 18.7. The van der Waals surface area contributed by atoms with Crippen molar-refractivity contribution in [3.05, 3.63) is 82.4 Å². The summed E-state index contributed by atoms with van der Waals surface area (Å²) in [6.45, 7) is 6.27. The number of fused-ring (bicyclic) bond motifs is 6. The summed E-state index contributed by atoms with van der Waals surface area (Å²) >= 11 is 0. The van der Waals surface area contributed by atoms with E-state index in [1.54, 1.807) is 0 Å². The van der Waals surface area contributed by atoms with Gasteiger partial charge in [-0.25, -0.2) is 4.79 Å². The molecule has 160 valence electrons. The number of nitrogens with zero attached hydrogens (tertiary/aromatic N) is 2. The van der Waals surface area contributed by atoms with E-state index in [0.717, 1.165) is 71.3 Å². The highest BCUT2D eigenvalue weighted by atomic mass is 16.6. The first-order valence-corrected chi connectivity index (χ1v) is 11.4. The van der Waals surface area contributed by atoms with Gasteiger partial charge in [-0.05, 0) is 50.1 Å². The quantitative estimate of drug-likeness (QED) is 0.543. The molecule has 32 heavy (non-hydrogen) atoms. The largest absolute Gasteiger partial charge is 0.456 e. The molecule has 3 aromatic rings. The zero-order valence-electron chi connectivity index (χ0n) is 18.1. The van der Waals surface area contributed by atoms with Crippen LogP contribution in [0.4, 0.5) is 11.4 Å². The average Bonchev–Trinajstić information content (AvgIpc) is 2.98. The fourth-order valence-corrected chi connectivity index (χ4v) is 5.36. The highest BCUT2D eigenvalue weighted by molar-refractivity contribution is 5.97. The average molecular weight is 425 g/mol. The predicted octanol–water partition coefficient (Wildman–Crippen LogP) is 4.98. The molecule has 0 bridgehead atoms. The molecular formula is C27H24N2O3. The number of aryl methyl sites for hydroxylation is 1. The Hall–Kier alpha value is -3.47. The van der Waals surface area contributed by atoms with Crippen molar-refractivity contribution in [2.24, 2.45) is 0 Å². The molecule has 0 radical (unpaired) electrons. The van der Waals surface area contributed by atoms with Gasteiger partial charge in [0.25, 0.3) is 0 Å². The SMILES string of the molecule is Cc1ccc2c(c1)C(=O)OC21c2ccc(N3CCC3)cc2Oc2cc(N3CCC3)ccc21. The molecule has 2 saturated heterocycles. The van der Waals surface area contributed by atoms with E-state index in [1.807, 2.05) is 19.1 Å². The highest BCUT2D eigenvalue weighted by Crippen LogP contribution is 2.57. The minimum atomic E-state index is -0.982. The van der Waals surface area contributed by atoms with Crippen LogP contribution in [0.2, 0.25) is 0 Å². The molecule has 0 atom stereocenters. The molecule has 5 nitrogen and oxygen atoms in total. The lowest BCUT2D eigenvalue weighted by molar-refractivity contribution is 0.0224. The van der Waals surface area contributed by atoms with E-state index in [1.165, 1.54) is 12.8 Å². The Bertz CT molecular complexity index is 1230. The third-order valence-electron chi connectivity index (χ3n) is 7.37. The summed E-state index contributed by atoms with van der Waals surface area (Å²) in [5.74, 6) is 1.26. The number of esters is 1.